The summed E-state index contributed by atoms with van der Waals surface area (Å²) in [5, 5.41) is 11.9. The molecule has 1 atom stereocenters. The van der Waals surface area contributed by atoms with E-state index < -0.39 is 0 Å². The minimum atomic E-state index is -0.335. The van der Waals surface area contributed by atoms with E-state index in [1.54, 1.807) is 6.07 Å². The number of hydrazine groups is 1. The van der Waals surface area contributed by atoms with E-state index in [0.29, 0.717) is 5.69 Å². The van der Waals surface area contributed by atoms with Crippen LogP contribution in [0.4, 0.5) is 5.69 Å². The van der Waals surface area contributed by atoms with E-state index in [2.05, 4.69) is 0 Å². The smallest absolute Gasteiger partial charge is 0.165 e. The molecule has 0 N–H and O–H groups in total. The molecule has 0 saturated carbocycles. The van der Waals surface area contributed by atoms with Crippen molar-refractivity contribution in [2.75, 3.05) is 5.01 Å². The normalized spacial score (nSPS) is 12.2. The number of aryl methyl sites for hydroxylation is 2. The SMILES string of the molecule is CCC(C)N(c1ccc(C)c(C)c1)[N+](=O)[O-]. The molecule has 0 spiro atoms. The first kappa shape index (κ1) is 12.5. The van der Waals surface area contributed by atoms with Crippen LogP contribution < -0.4 is 5.01 Å². The molecule has 1 aromatic rings. The second-order valence-electron chi connectivity index (χ2n) is 4.11. The first-order chi connectivity index (χ1) is 7.47. The summed E-state index contributed by atoms with van der Waals surface area (Å²) in [5.74, 6) is 0. The Morgan fingerprint density at radius 3 is 2.44 bits per heavy atom. The topological polar surface area (TPSA) is 46.4 Å². The lowest BCUT2D eigenvalue weighted by atomic mass is 10.1. The van der Waals surface area contributed by atoms with Gasteiger partial charge in [-0.25, -0.2) is 10.1 Å². The van der Waals surface area contributed by atoms with Crippen molar-refractivity contribution < 1.29 is 5.03 Å². The van der Waals surface area contributed by atoms with Gasteiger partial charge in [0.2, 0.25) is 0 Å². The van der Waals surface area contributed by atoms with Crippen LogP contribution in [0.3, 0.4) is 0 Å². The Labute approximate surface area is 96.0 Å². The molecule has 0 fully saturated rings. The predicted octanol–water partition coefficient (Wildman–Crippen LogP) is 3.10. The fourth-order valence-corrected chi connectivity index (χ4v) is 1.55. The maximum Gasteiger partial charge on any atom is 0.165 e. The number of hydrogen-bond donors (Lipinski definition) is 0. The highest BCUT2D eigenvalue weighted by molar-refractivity contribution is 5.49. The van der Waals surface area contributed by atoms with Crippen molar-refractivity contribution in [3.05, 3.63) is 39.4 Å². The zero-order valence-electron chi connectivity index (χ0n) is 10.2. The Morgan fingerprint density at radius 2 is 2.00 bits per heavy atom. The van der Waals surface area contributed by atoms with Crippen LogP contribution in [0.25, 0.3) is 0 Å². The lowest BCUT2D eigenvalue weighted by Gasteiger charge is -2.20. The van der Waals surface area contributed by atoms with E-state index in [0.717, 1.165) is 17.5 Å². The van der Waals surface area contributed by atoms with Gasteiger partial charge in [0.25, 0.3) is 0 Å². The fourth-order valence-electron chi connectivity index (χ4n) is 1.55. The number of benzene rings is 1. The Balaban J connectivity index is 3.11. The molecule has 0 saturated heterocycles. The highest BCUT2D eigenvalue weighted by Gasteiger charge is 2.23. The van der Waals surface area contributed by atoms with Gasteiger partial charge in [-0.2, -0.15) is 0 Å². The Morgan fingerprint density at radius 1 is 1.38 bits per heavy atom. The summed E-state index contributed by atoms with van der Waals surface area (Å²) in [4.78, 5) is 11.0. The highest BCUT2D eigenvalue weighted by atomic mass is 16.7. The maximum atomic E-state index is 11.0. The van der Waals surface area contributed by atoms with Crippen molar-refractivity contribution >= 4 is 5.69 Å². The molecule has 1 rings (SSSR count). The van der Waals surface area contributed by atoms with Crippen molar-refractivity contribution in [3.8, 4) is 0 Å². The third-order valence-corrected chi connectivity index (χ3v) is 2.94. The number of nitro groups is 1. The van der Waals surface area contributed by atoms with Gasteiger partial charge in [0.1, 0.15) is 5.69 Å². The summed E-state index contributed by atoms with van der Waals surface area (Å²) in [7, 11) is 0. The highest BCUT2D eigenvalue weighted by Crippen LogP contribution is 2.21. The van der Waals surface area contributed by atoms with Gasteiger partial charge in [-0.05, 0) is 50.5 Å². The molecule has 0 radical (unpaired) electrons. The molecule has 0 aliphatic heterocycles. The number of anilines is 1. The number of rotatable bonds is 4. The third kappa shape index (κ3) is 2.51. The van der Waals surface area contributed by atoms with Crippen molar-refractivity contribution in [2.45, 2.75) is 40.2 Å². The summed E-state index contributed by atoms with van der Waals surface area (Å²) in [5.41, 5.74) is 2.88. The zero-order chi connectivity index (χ0) is 12.3. The molecule has 1 unspecified atom stereocenters. The van der Waals surface area contributed by atoms with Crippen LogP contribution >= 0.6 is 0 Å². The molecule has 0 aromatic heterocycles. The monoisotopic (exact) mass is 222 g/mol. The van der Waals surface area contributed by atoms with Crippen LogP contribution in [0.15, 0.2) is 18.2 Å². The standard InChI is InChI=1S/C12H18N2O2/c1-5-11(4)13(14(15)16)12-7-6-9(2)10(3)8-12/h6-8,11H,5H2,1-4H3. The van der Waals surface area contributed by atoms with Crippen molar-refractivity contribution in [1.82, 2.24) is 0 Å². The maximum absolute atomic E-state index is 11.0. The van der Waals surface area contributed by atoms with Gasteiger partial charge >= 0.3 is 0 Å². The van der Waals surface area contributed by atoms with Gasteiger partial charge in [0.15, 0.2) is 5.03 Å². The Hall–Kier alpha value is -1.58. The minimum absolute atomic E-state index is 0.0999. The molecule has 4 heteroatoms. The Bertz CT molecular complexity index is 391. The van der Waals surface area contributed by atoms with Crippen molar-refractivity contribution in [2.24, 2.45) is 0 Å². The summed E-state index contributed by atoms with van der Waals surface area (Å²) in [6.07, 6.45) is 0.744. The van der Waals surface area contributed by atoms with Crippen LogP contribution in [-0.4, -0.2) is 11.1 Å². The molecule has 0 bridgehead atoms. The predicted molar refractivity (Wildman–Crippen MR) is 65.1 cm³/mol. The van der Waals surface area contributed by atoms with Gasteiger partial charge in [0.05, 0.1) is 6.04 Å². The molecular formula is C12H18N2O2. The largest absolute Gasteiger partial charge is 0.234 e. The molecule has 16 heavy (non-hydrogen) atoms. The summed E-state index contributed by atoms with van der Waals surface area (Å²) in [6, 6.07) is 5.49. The quantitative estimate of drug-likeness (QED) is 0.581. The summed E-state index contributed by atoms with van der Waals surface area (Å²) >= 11 is 0. The van der Waals surface area contributed by atoms with Crippen LogP contribution in [0.1, 0.15) is 31.4 Å². The summed E-state index contributed by atoms with van der Waals surface area (Å²) in [6.45, 7) is 7.77. The van der Waals surface area contributed by atoms with Crippen LogP contribution in [-0.2, 0) is 0 Å². The first-order valence-corrected chi connectivity index (χ1v) is 5.48. The first-order valence-electron chi connectivity index (χ1n) is 5.48. The van der Waals surface area contributed by atoms with Gasteiger partial charge in [-0.15, -0.1) is 0 Å². The van der Waals surface area contributed by atoms with Gasteiger partial charge in [0, 0.05) is 0 Å². The van der Waals surface area contributed by atoms with Crippen molar-refractivity contribution in [1.29, 1.82) is 0 Å². The van der Waals surface area contributed by atoms with E-state index in [-0.39, 0.29) is 11.1 Å². The number of hydrogen-bond acceptors (Lipinski definition) is 2. The third-order valence-electron chi connectivity index (χ3n) is 2.94. The zero-order valence-corrected chi connectivity index (χ0v) is 10.2. The molecule has 4 nitrogen and oxygen atoms in total. The lowest BCUT2D eigenvalue weighted by molar-refractivity contribution is -0.499. The fraction of sp³-hybridized carbons (Fsp3) is 0.500. The molecule has 0 heterocycles. The number of nitrogens with zero attached hydrogens (tertiary/aromatic N) is 2. The van der Waals surface area contributed by atoms with Crippen LogP contribution in [0, 0.1) is 24.0 Å². The van der Waals surface area contributed by atoms with E-state index >= 15 is 0 Å². The molecule has 1 aromatic carbocycles. The average Bonchev–Trinajstić information content (AvgIpc) is 2.22. The van der Waals surface area contributed by atoms with E-state index in [9.17, 15) is 10.1 Å². The second kappa shape index (κ2) is 4.96. The van der Waals surface area contributed by atoms with E-state index in [1.165, 1.54) is 5.01 Å². The summed E-state index contributed by atoms with van der Waals surface area (Å²) < 4.78 is 0. The van der Waals surface area contributed by atoms with Gasteiger partial charge < -0.3 is 0 Å². The minimum Gasteiger partial charge on any atom is -0.234 e. The van der Waals surface area contributed by atoms with Crippen LogP contribution in [0.2, 0.25) is 0 Å². The molecular weight excluding hydrogens is 204 g/mol. The van der Waals surface area contributed by atoms with E-state index in [1.807, 2.05) is 39.8 Å². The molecule has 0 aliphatic carbocycles. The van der Waals surface area contributed by atoms with Gasteiger partial charge in [-0.1, -0.05) is 18.0 Å². The van der Waals surface area contributed by atoms with Crippen LogP contribution in [0.5, 0.6) is 0 Å². The molecule has 88 valence electrons. The molecule has 0 amide bonds. The lowest BCUT2D eigenvalue weighted by Crippen LogP contribution is -2.37. The van der Waals surface area contributed by atoms with E-state index in [4.69, 9.17) is 0 Å². The second-order valence-corrected chi connectivity index (χ2v) is 4.11. The Kier molecular flexibility index (Phi) is 3.88. The van der Waals surface area contributed by atoms with Crippen molar-refractivity contribution in [3.63, 3.8) is 0 Å². The van der Waals surface area contributed by atoms with Gasteiger partial charge in [-0.3, -0.25) is 0 Å². The average molecular weight is 222 g/mol. The molecule has 0 aliphatic rings.